The van der Waals surface area contributed by atoms with Gasteiger partial charge in [0, 0.05) is 18.5 Å². The monoisotopic (exact) mass is 303 g/mol. The summed E-state index contributed by atoms with van der Waals surface area (Å²) in [7, 11) is -1.91. The van der Waals surface area contributed by atoms with Crippen molar-refractivity contribution in [3.63, 3.8) is 0 Å². The van der Waals surface area contributed by atoms with Gasteiger partial charge in [0.25, 0.3) is 10.0 Å². The Morgan fingerprint density at radius 3 is 2.53 bits per heavy atom. The molecule has 0 amide bonds. The van der Waals surface area contributed by atoms with E-state index in [1.165, 1.54) is 15.6 Å². The van der Waals surface area contributed by atoms with Gasteiger partial charge in [-0.25, -0.2) is 8.42 Å². The fraction of sp³-hybridized carbons (Fsp3) is 0.692. The minimum Gasteiger partial charge on any atom is -0.389 e. The molecule has 0 aromatic carbocycles. The smallest absolute Gasteiger partial charge is 0.252 e. The zero-order chi connectivity index (χ0) is 14.1. The molecular weight excluding hydrogens is 282 g/mol. The molecule has 0 bridgehead atoms. The van der Waals surface area contributed by atoms with E-state index in [-0.39, 0.29) is 6.54 Å². The van der Waals surface area contributed by atoms with Crippen molar-refractivity contribution in [3.05, 3.63) is 17.0 Å². The molecule has 6 heteroatoms. The van der Waals surface area contributed by atoms with Gasteiger partial charge >= 0.3 is 0 Å². The van der Waals surface area contributed by atoms with Crippen LogP contribution in [0.4, 0.5) is 0 Å². The Labute approximate surface area is 119 Å². The molecule has 19 heavy (non-hydrogen) atoms. The Morgan fingerprint density at radius 1 is 1.37 bits per heavy atom. The number of hydrogen-bond acceptors (Lipinski definition) is 4. The number of aryl methyl sites for hydroxylation is 1. The third-order valence-corrected chi connectivity index (χ3v) is 7.20. The first-order valence-corrected chi connectivity index (χ1v) is 8.90. The van der Waals surface area contributed by atoms with Crippen molar-refractivity contribution < 1.29 is 13.5 Å². The van der Waals surface area contributed by atoms with E-state index in [4.69, 9.17) is 0 Å². The Morgan fingerprint density at radius 2 is 2.00 bits per heavy atom. The topological polar surface area (TPSA) is 57.6 Å². The first-order chi connectivity index (χ1) is 8.87. The Balaban J connectivity index is 2.14. The molecule has 0 saturated heterocycles. The maximum Gasteiger partial charge on any atom is 0.252 e. The lowest BCUT2D eigenvalue weighted by Crippen LogP contribution is -2.41. The average molecular weight is 303 g/mol. The highest BCUT2D eigenvalue weighted by atomic mass is 32.2. The molecule has 4 nitrogen and oxygen atoms in total. The molecule has 1 aliphatic carbocycles. The maximum absolute atomic E-state index is 12.4. The van der Waals surface area contributed by atoms with Gasteiger partial charge in [0.2, 0.25) is 0 Å². The van der Waals surface area contributed by atoms with Crippen molar-refractivity contribution >= 4 is 21.4 Å². The number of nitrogens with zero attached hydrogens (tertiary/aromatic N) is 1. The van der Waals surface area contributed by atoms with Crippen LogP contribution in [0.5, 0.6) is 0 Å². The molecule has 1 heterocycles. The van der Waals surface area contributed by atoms with Crippen molar-refractivity contribution in [1.82, 2.24) is 4.31 Å². The van der Waals surface area contributed by atoms with E-state index in [9.17, 15) is 13.5 Å². The van der Waals surface area contributed by atoms with Crippen LogP contribution >= 0.6 is 11.3 Å². The van der Waals surface area contributed by atoms with E-state index in [0.29, 0.717) is 17.1 Å². The number of hydrogen-bond donors (Lipinski definition) is 1. The molecule has 108 valence electrons. The van der Waals surface area contributed by atoms with Crippen LogP contribution in [0.25, 0.3) is 0 Å². The van der Waals surface area contributed by atoms with Crippen LogP contribution < -0.4 is 0 Å². The van der Waals surface area contributed by atoms with Gasteiger partial charge in [0.05, 0.1) is 5.60 Å². The lowest BCUT2D eigenvalue weighted by atomic mass is 10.0. The number of sulfonamides is 1. The summed E-state index contributed by atoms with van der Waals surface area (Å²) < 4.78 is 26.5. The highest BCUT2D eigenvalue weighted by molar-refractivity contribution is 7.91. The summed E-state index contributed by atoms with van der Waals surface area (Å²) in [5, 5.41) is 10.3. The Hall–Kier alpha value is -0.430. The molecule has 1 aliphatic rings. The van der Waals surface area contributed by atoms with Gasteiger partial charge in [-0.1, -0.05) is 19.8 Å². The zero-order valence-electron chi connectivity index (χ0n) is 11.4. The minimum absolute atomic E-state index is 0.189. The van der Waals surface area contributed by atoms with Gasteiger partial charge in [-0.15, -0.1) is 11.3 Å². The molecule has 1 saturated carbocycles. The molecule has 1 aromatic rings. The summed E-state index contributed by atoms with van der Waals surface area (Å²) in [4.78, 5) is 1.06. The van der Waals surface area contributed by atoms with Gasteiger partial charge in [-0.3, -0.25) is 0 Å². The standard InChI is InChI=1S/C13H21NO3S2/c1-3-11-6-7-12(18-11)19(16,17)14(2)10-13(15)8-4-5-9-13/h6-7,15H,3-5,8-10H2,1-2H3. The number of thiophene rings is 1. The van der Waals surface area contributed by atoms with Crippen LogP contribution in [-0.2, 0) is 16.4 Å². The fourth-order valence-electron chi connectivity index (χ4n) is 2.53. The third kappa shape index (κ3) is 3.18. The second-order valence-electron chi connectivity index (χ2n) is 5.27. The van der Waals surface area contributed by atoms with Crippen LogP contribution in [0.3, 0.4) is 0 Å². The van der Waals surface area contributed by atoms with Crippen molar-refractivity contribution in [3.8, 4) is 0 Å². The van der Waals surface area contributed by atoms with Gasteiger partial charge in [0.1, 0.15) is 4.21 Å². The highest BCUT2D eigenvalue weighted by Gasteiger charge is 2.36. The molecular formula is C13H21NO3S2. The van der Waals surface area contributed by atoms with Crippen molar-refractivity contribution in [2.45, 2.75) is 48.8 Å². The number of rotatable bonds is 5. The molecule has 1 aromatic heterocycles. The first-order valence-electron chi connectivity index (χ1n) is 6.65. The van der Waals surface area contributed by atoms with E-state index in [0.717, 1.165) is 24.1 Å². The molecule has 0 radical (unpaired) electrons. The number of likely N-dealkylation sites (N-methyl/N-ethyl adjacent to an activating group) is 1. The highest BCUT2D eigenvalue weighted by Crippen LogP contribution is 2.32. The van der Waals surface area contributed by atoms with Crippen LogP contribution in [0, 0.1) is 0 Å². The van der Waals surface area contributed by atoms with Gasteiger partial charge in [-0.2, -0.15) is 4.31 Å². The first kappa shape index (κ1) is 15.0. The van der Waals surface area contributed by atoms with Crippen LogP contribution in [0.15, 0.2) is 16.3 Å². The maximum atomic E-state index is 12.4. The summed E-state index contributed by atoms with van der Waals surface area (Å²) in [6.07, 6.45) is 4.18. The second-order valence-corrected chi connectivity index (χ2v) is 8.71. The Kier molecular flexibility index (Phi) is 4.35. The van der Waals surface area contributed by atoms with Crippen molar-refractivity contribution in [2.75, 3.05) is 13.6 Å². The summed E-state index contributed by atoms with van der Waals surface area (Å²) in [6, 6.07) is 3.52. The summed E-state index contributed by atoms with van der Waals surface area (Å²) >= 11 is 1.31. The molecule has 1 fully saturated rings. The van der Waals surface area contributed by atoms with Crippen LogP contribution in [0.2, 0.25) is 0 Å². The third-order valence-electron chi connectivity index (χ3n) is 3.70. The normalized spacial score (nSPS) is 19.2. The van der Waals surface area contributed by atoms with Gasteiger partial charge < -0.3 is 5.11 Å². The minimum atomic E-state index is -3.46. The van der Waals surface area contributed by atoms with Crippen LogP contribution in [0.1, 0.15) is 37.5 Å². The fourth-order valence-corrected chi connectivity index (χ4v) is 5.29. The van der Waals surface area contributed by atoms with E-state index in [1.54, 1.807) is 13.1 Å². The summed E-state index contributed by atoms with van der Waals surface area (Å²) in [6.45, 7) is 2.20. The van der Waals surface area contributed by atoms with Crippen molar-refractivity contribution in [2.24, 2.45) is 0 Å². The average Bonchev–Trinajstić information content (AvgIpc) is 2.97. The van der Waals surface area contributed by atoms with Gasteiger partial charge in [-0.05, 0) is 31.4 Å². The molecule has 0 spiro atoms. The molecule has 0 unspecified atom stereocenters. The lowest BCUT2D eigenvalue weighted by molar-refractivity contribution is 0.0334. The predicted molar refractivity (Wildman–Crippen MR) is 76.9 cm³/mol. The van der Waals surface area contributed by atoms with Crippen molar-refractivity contribution in [1.29, 1.82) is 0 Å². The lowest BCUT2D eigenvalue weighted by Gasteiger charge is -2.27. The largest absolute Gasteiger partial charge is 0.389 e. The van der Waals surface area contributed by atoms with Crippen LogP contribution in [-0.4, -0.2) is 37.0 Å². The van der Waals surface area contributed by atoms with Gasteiger partial charge in [0.15, 0.2) is 0 Å². The summed E-state index contributed by atoms with van der Waals surface area (Å²) in [5.41, 5.74) is -0.841. The SMILES string of the molecule is CCc1ccc(S(=O)(=O)N(C)CC2(O)CCCC2)s1. The number of aliphatic hydroxyl groups is 1. The predicted octanol–water partition coefficient (Wildman–Crippen LogP) is 2.24. The zero-order valence-corrected chi connectivity index (χ0v) is 13.1. The quantitative estimate of drug-likeness (QED) is 0.907. The Bertz CT molecular complexity index is 530. The second kappa shape index (κ2) is 5.52. The van der Waals surface area contributed by atoms with E-state index in [2.05, 4.69) is 0 Å². The van der Waals surface area contributed by atoms with E-state index < -0.39 is 15.6 Å². The molecule has 0 aliphatic heterocycles. The van der Waals surface area contributed by atoms with E-state index in [1.807, 2.05) is 13.0 Å². The summed E-state index contributed by atoms with van der Waals surface area (Å²) in [5.74, 6) is 0. The molecule has 2 rings (SSSR count). The molecule has 1 N–H and O–H groups in total. The van der Waals surface area contributed by atoms with E-state index >= 15 is 0 Å². The molecule has 0 atom stereocenters.